The third-order valence-electron chi connectivity index (χ3n) is 1.75. The lowest BCUT2D eigenvalue weighted by molar-refractivity contribution is 0.521. The van der Waals surface area contributed by atoms with Crippen LogP contribution in [0.5, 0.6) is 0 Å². The van der Waals surface area contributed by atoms with Gasteiger partial charge in [0, 0.05) is 23.4 Å². The van der Waals surface area contributed by atoms with E-state index in [-0.39, 0.29) is 4.90 Å². The minimum Gasteiger partial charge on any atom is -0.398 e. The van der Waals surface area contributed by atoms with Crippen molar-refractivity contribution in [1.29, 1.82) is 0 Å². The van der Waals surface area contributed by atoms with E-state index in [1.165, 1.54) is 20.2 Å². The molecule has 0 heterocycles. The second-order valence-electron chi connectivity index (χ2n) is 2.97. The van der Waals surface area contributed by atoms with Crippen molar-refractivity contribution in [2.75, 3.05) is 19.8 Å². The van der Waals surface area contributed by atoms with E-state index >= 15 is 0 Å². The smallest absolute Gasteiger partial charge is 0.242 e. The molecular weight excluding hydrogens is 315 g/mol. The quantitative estimate of drug-likeness (QED) is 0.654. The summed E-state index contributed by atoms with van der Waals surface area (Å²) in [5, 5.41) is 0. The minimum atomic E-state index is -3.37. The number of nitrogen functional groups attached to an aromatic ring is 1. The Labute approximate surface area is 97.3 Å². The second-order valence-corrected chi connectivity index (χ2v) is 6.28. The van der Waals surface area contributed by atoms with E-state index in [1.807, 2.05) is 0 Å². The van der Waals surface area contributed by atoms with Gasteiger partial charge in [-0.3, -0.25) is 0 Å². The van der Waals surface area contributed by atoms with E-state index < -0.39 is 10.0 Å². The standard InChI is InChI=1S/C8H11IN2O2S/c1-11(2)14(12,13)6-3-4-7(9)8(10)5-6/h3-5H,10H2,1-2H3. The first kappa shape index (κ1) is 11.7. The Morgan fingerprint density at radius 1 is 1.36 bits per heavy atom. The number of anilines is 1. The van der Waals surface area contributed by atoms with Gasteiger partial charge in [0.15, 0.2) is 0 Å². The van der Waals surface area contributed by atoms with Crippen LogP contribution in [0.4, 0.5) is 5.69 Å². The van der Waals surface area contributed by atoms with E-state index in [2.05, 4.69) is 22.6 Å². The summed E-state index contributed by atoms with van der Waals surface area (Å²) in [5.74, 6) is 0. The molecule has 1 aromatic carbocycles. The lowest BCUT2D eigenvalue weighted by atomic mass is 10.3. The number of sulfonamides is 1. The predicted molar refractivity (Wildman–Crippen MR) is 64.4 cm³/mol. The molecule has 78 valence electrons. The lowest BCUT2D eigenvalue weighted by Crippen LogP contribution is -2.22. The van der Waals surface area contributed by atoms with Gasteiger partial charge >= 0.3 is 0 Å². The van der Waals surface area contributed by atoms with Gasteiger partial charge < -0.3 is 5.73 Å². The van der Waals surface area contributed by atoms with Gasteiger partial charge in [0.2, 0.25) is 10.0 Å². The Morgan fingerprint density at radius 2 is 1.93 bits per heavy atom. The molecule has 6 heteroatoms. The second kappa shape index (κ2) is 4.03. The van der Waals surface area contributed by atoms with Crippen molar-refractivity contribution in [2.24, 2.45) is 0 Å². The Bertz CT molecular complexity index is 443. The number of benzene rings is 1. The third-order valence-corrected chi connectivity index (χ3v) is 4.54. The van der Waals surface area contributed by atoms with E-state index in [0.29, 0.717) is 5.69 Å². The summed E-state index contributed by atoms with van der Waals surface area (Å²) in [7, 11) is -0.387. The van der Waals surface area contributed by atoms with Crippen molar-refractivity contribution in [3.63, 3.8) is 0 Å². The summed E-state index contributed by atoms with van der Waals surface area (Å²) in [4.78, 5) is 0.223. The maximum absolute atomic E-state index is 11.7. The molecular formula is C8H11IN2O2S. The SMILES string of the molecule is CN(C)S(=O)(=O)c1ccc(I)c(N)c1. The highest BCUT2D eigenvalue weighted by Gasteiger charge is 2.17. The third kappa shape index (κ3) is 2.18. The van der Waals surface area contributed by atoms with Gasteiger partial charge in [-0.15, -0.1) is 0 Å². The Kier molecular flexibility index (Phi) is 3.38. The van der Waals surface area contributed by atoms with Crippen LogP contribution in [0.15, 0.2) is 23.1 Å². The first-order valence-corrected chi connectivity index (χ1v) is 6.35. The van der Waals surface area contributed by atoms with Crippen LogP contribution in [0.1, 0.15) is 0 Å². The summed E-state index contributed by atoms with van der Waals surface area (Å²) in [5.41, 5.74) is 6.11. The van der Waals surface area contributed by atoms with Crippen LogP contribution >= 0.6 is 22.6 Å². The fourth-order valence-electron chi connectivity index (χ4n) is 0.893. The molecule has 0 fully saturated rings. The molecule has 0 saturated carbocycles. The highest BCUT2D eigenvalue weighted by atomic mass is 127. The normalized spacial score (nSPS) is 12.0. The van der Waals surface area contributed by atoms with Crippen LogP contribution in [-0.2, 0) is 10.0 Å². The number of rotatable bonds is 2. The molecule has 0 aliphatic rings. The Morgan fingerprint density at radius 3 is 2.36 bits per heavy atom. The molecule has 1 rings (SSSR count). The van der Waals surface area contributed by atoms with E-state index in [1.54, 1.807) is 12.1 Å². The molecule has 14 heavy (non-hydrogen) atoms. The monoisotopic (exact) mass is 326 g/mol. The predicted octanol–water partition coefficient (Wildman–Crippen LogP) is 1.12. The van der Waals surface area contributed by atoms with Crippen molar-refractivity contribution in [1.82, 2.24) is 4.31 Å². The van der Waals surface area contributed by atoms with Gasteiger partial charge in [0.1, 0.15) is 0 Å². The van der Waals surface area contributed by atoms with Gasteiger partial charge in [-0.25, -0.2) is 12.7 Å². The van der Waals surface area contributed by atoms with E-state index in [0.717, 1.165) is 7.88 Å². The lowest BCUT2D eigenvalue weighted by Gasteiger charge is -2.11. The maximum atomic E-state index is 11.7. The van der Waals surface area contributed by atoms with Gasteiger partial charge in [-0.2, -0.15) is 0 Å². The van der Waals surface area contributed by atoms with Crippen LogP contribution in [0.25, 0.3) is 0 Å². The van der Waals surface area contributed by atoms with Crippen molar-refractivity contribution >= 4 is 38.3 Å². The Balaban J connectivity index is 3.29. The van der Waals surface area contributed by atoms with E-state index in [4.69, 9.17) is 5.73 Å². The van der Waals surface area contributed by atoms with Crippen LogP contribution in [-0.4, -0.2) is 26.8 Å². The zero-order valence-electron chi connectivity index (χ0n) is 7.86. The fourth-order valence-corrected chi connectivity index (χ4v) is 2.17. The van der Waals surface area contributed by atoms with Crippen LogP contribution in [0, 0.1) is 3.57 Å². The minimum absolute atomic E-state index is 0.223. The number of halogens is 1. The number of nitrogens with zero attached hydrogens (tertiary/aromatic N) is 1. The maximum Gasteiger partial charge on any atom is 0.242 e. The molecule has 0 aliphatic carbocycles. The van der Waals surface area contributed by atoms with Gasteiger partial charge in [0.05, 0.1) is 4.90 Å². The molecule has 0 spiro atoms. The molecule has 0 radical (unpaired) electrons. The zero-order valence-corrected chi connectivity index (χ0v) is 10.8. The summed E-state index contributed by atoms with van der Waals surface area (Å²) in [6.45, 7) is 0. The van der Waals surface area contributed by atoms with Crippen LogP contribution < -0.4 is 5.73 Å². The van der Waals surface area contributed by atoms with Gasteiger partial charge in [0.25, 0.3) is 0 Å². The molecule has 0 atom stereocenters. The summed E-state index contributed by atoms with van der Waals surface area (Å²) >= 11 is 2.05. The first-order chi connectivity index (χ1) is 6.35. The largest absolute Gasteiger partial charge is 0.398 e. The van der Waals surface area contributed by atoms with Crippen molar-refractivity contribution in [3.8, 4) is 0 Å². The molecule has 1 aromatic rings. The molecule has 0 unspecified atom stereocenters. The Hall–Kier alpha value is -0.340. The highest BCUT2D eigenvalue weighted by Crippen LogP contribution is 2.20. The zero-order chi connectivity index (χ0) is 10.9. The molecule has 0 bridgehead atoms. The highest BCUT2D eigenvalue weighted by molar-refractivity contribution is 14.1. The topological polar surface area (TPSA) is 63.4 Å². The average molecular weight is 326 g/mol. The number of hydrogen-bond acceptors (Lipinski definition) is 3. The van der Waals surface area contributed by atoms with Crippen molar-refractivity contribution in [3.05, 3.63) is 21.8 Å². The van der Waals surface area contributed by atoms with Gasteiger partial charge in [-0.1, -0.05) is 0 Å². The van der Waals surface area contributed by atoms with Crippen molar-refractivity contribution in [2.45, 2.75) is 4.90 Å². The van der Waals surface area contributed by atoms with Crippen molar-refractivity contribution < 1.29 is 8.42 Å². The molecule has 0 saturated heterocycles. The van der Waals surface area contributed by atoms with Crippen LogP contribution in [0.3, 0.4) is 0 Å². The molecule has 4 nitrogen and oxygen atoms in total. The first-order valence-electron chi connectivity index (χ1n) is 3.83. The summed E-state index contributed by atoms with van der Waals surface area (Å²) < 4.78 is 25.3. The number of nitrogens with two attached hydrogens (primary N) is 1. The van der Waals surface area contributed by atoms with E-state index in [9.17, 15) is 8.42 Å². The molecule has 0 aliphatic heterocycles. The fraction of sp³-hybridized carbons (Fsp3) is 0.250. The summed E-state index contributed by atoms with van der Waals surface area (Å²) in [6.07, 6.45) is 0. The average Bonchev–Trinajstić information content (AvgIpc) is 2.09. The van der Waals surface area contributed by atoms with Gasteiger partial charge in [-0.05, 0) is 40.8 Å². The molecule has 2 N–H and O–H groups in total. The number of hydrogen-bond donors (Lipinski definition) is 1. The summed E-state index contributed by atoms with van der Waals surface area (Å²) in [6, 6.07) is 4.71. The molecule has 0 aromatic heterocycles. The van der Waals surface area contributed by atoms with Crippen LogP contribution in [0.2, 0.25) is 0 Å². The molecule has 0 amide bonds.